The van der Waals surface area contributed by atoms with Crippen molar-refractivity contribution in [1.82, 2.24) is 5.32 Å². The summed E-state index contributed by atoms with van der Waals surface area (Å²) in [5, 5.41) is 5.93. The molecule has 2 aromatic carbocycles. The maximum absolute atomic E-state index is 12.0. The largest absolute Gasteiger partial charge is 0.484 e. The molecule has 0 aliphatic heterocycles. The maximum atomic E-state index is 12.0. The number of amides is 2. The molecule has 0 aliphatic rings. The Balaban J connectivity index is 1.98. The average molecular weight is 347 g/mol. The molecule has 0 unspecified atom stereocenters. The lowest BCUT2D eigenvalue weighted by Crippen LogP contribution is -2.21. The molecule has 0 saturated carbocycles. The summed E-state index contributed by atoms with van der Waals surface area (Å²) in [4.78, 5) is 23.6. The molecule has 0 saturated heterocycles. The normalized spacial score (nSPS) is 10.2. The van der Waals surface area contributed by atoms with Gasteiger partial charge in [-0.1, -0.05) is 17.7 Å². The molecule has 0 fully saturated rings. The smallest absolute Gasteiger partial charge is 0.262 e. The van der Waals surface area contributed by atoms with E-state index in [0.29, 0.717) is 22.0 Å². The van der Waals surface area contributed by atoms with Crippen LogP contribution in [0.25, 0.3) is 0 Å². The first-order valence-electron chi connectivity index (χ1n) is 7.42. The lowest BCUT2D eigenvalue weighted by atomic mass is 10.1. The Labute approximate surface area is 146 Å². The minimum atomic E-state index is -0.311. The molecule has 2 aromatic rings. The van der Waals surface area contributed by atoms with E-state index in [2.05, 4.69) is 10.6 Å². The zero-order valence-corrected chi connectivity index (χ0v) is 14.5. The van der Waals surface area contributed by atoms with Gasteiger partial charge < -0.3 is 15.4 Å². The van der Waals surface area contributed by atoms with Gasteiger partial charge in [0.25, 0.3) is 11.8 Å². The summed E-state index contributed by atoms with van der Waals surface area (Å²) in [6, 6.07) is 10.3. The summed E-state index contributed by atoms with van der Waals surface area (Å²) < 4.78 is 5.51. The van der Waals surface area contributed by atoms with E-state index in [1.54, 1.807) is 43.4 Å². The molecule has 2 amide bonds. The summed E-state index contributed by atoms with van der Waals surface area (Å²) in [5.74, 6) is 0.0624. The fourth-order valence-corrected chi connectivity index (χ4v) is 2.33. The molecule has 0 atom stereocenters. The van der Waals surface area contributed by atoms with E-state index in [4.69, 9.17) is 16.3 Å². The van der Waals surface area contributed by atoms with E-state index in [-0.39, 0.29) is 18.4 Å². The summed E-state index contributed by atoms with van der Waals surface area (Å²) in [7, 11) is 1.55. The molecular weight excluding hydrogens is 328 g/mol. The molecule has 0 aromatic heterocycles. The van der Waals surface area contributed by atoms with Gasteiger partial charge in [-0.05, 0) is 55.3 Å². The van der Waals surface area contributed by atoms with E-state index >= 15 is 0 Å². The Morgan fingerprint density at radius 1 is 1.12 bits per heavy atom. The lowest BCUT2D eigenvalue weighted by Gasteiger charge is -2.11. The van der Waals surface area contributed by atoms with Gasteiger partial charge in [-0.15, -0.1) is 0 Å². The van der Waals surface area contributed by atoms with Crippen molar-refractivity contribution in [1.29, 1.82) is 0 Å². The number of hydrogen-bond acceptors (Lipinski definition) is 3. The molecule has 5 nitrogen and oxygen atoms in total. The van der Waals surface area contributed by atoms with Crippen LogP contribution in [0.4, 0.5) is 5.69 Å². The number of benzene rings is 2. The van der Waals surface area contributed by atoms with E-state index < -0.39 is 0 Å². The van der Waals surface area contributed by atoms with E-state index in [9.17, 15) is 9.59 Å². The van der Waals surface area contributed by atoms with Crippen LogP contribution in [-0.2, 0) is 4.79 Å². The first-order valence-corrected chi connectivity index (χ1v) is 7.80. The second-order valence-corrected chi connectivity index (χ2v) is 5.75. The summed E-state index contributed by atoms with van der Waals surface area (Å²) >= 11 is 6.10. The van der Waals surface area contributed by atoms with Crippen LogP contribution in [0.1, 0.15) is 21.5 Å². The number of nitrogens with one attached hydrogen (secondary N) is 2. The second-order valence-electron chi connectivity index (χ2n) is 5.37. The summed E-state index contributed by atoms with van der Waals surface area (Å²) in [6.07, 6.45) is 0. The molecule has 6 heteroatoms. The van der Waals surface area contributed by atoms with Gasteiger partial charge in [0.05, 0.1) is 0 Å². The quantitative estimate of drug-likeness (QED) is 0.872. The van der Waals surface area contributed by atoms with Gasteiger partial charge in [0, 0.05) is 23.3 Å². The molecule has 0 spiro atoms. The van der Waals surface area contributed by atoms with Gasteiger partial charge >= 0.3 is 0 Å². The van der Waals surface area contributed by atoms with Crippen LogP contribution in [0, 0.1) is 13.8 Å². The Kier molecular flexibility index (Phi) is 5.82. The van der Waals surface area contributed by atoms with Crippen molar-refractivity contribution in [2.45, 2.75) is 13.8 Å². The van der Waals surface area contributed by atoms with Crippen LogP contribution in [0.5, 0.6) is 5.75 Å². The number of ether oxygens (including phenoxy) is 1. The lowest BCUT2D eigenvalue weighted by molar-refractivity contribution is -0.118. The molecule has 24 heavy (non-hydrogen) atoms. The zero-order valence-electron chi connectivity index (χ0n) is 13.8. The standard InChI is InChI=1S/C18H19ClN2O3/c1-11-7-15(8-12(2)17(11)19)24-10-16(22)21-14-6-4-5-13(9-14)18(23)20-3/h4-9H,10H2,1-3H3,(H,20,23)(H,21,22). The van der Waals surface area contributed by atoms with Crippen molar-refractivity contribution in [2.24, 2.45) is 0 Å². The van der Waals surface area contributed by atoms with Crippen LogP contribution in [-0.4, -0.2) is 25.5 Å². The Hall–Kier alpha value is -2.53. The Bertz CT molecular complexity index is 752. The Morgan fingerprint density at radius 2 is 1.79 bits per heavy atom. The van der Waals surface area contributed by atoms with Gasteiger partial charge in [0.1, 0.15) is 5.75 Å². The van der Waals surface area contributed by atoms with Crippen LogP contribution < -0.4 is 15.4 Å². The summed E-state index contributed by atoms with van der Waals surface area (Å²) in [5.41, 5.74) is 2.80. The van der Waals surface area contributed by atoms with Crippen molar-refractivity contribution >= 4 is 29.1 Å². The van der Waals surface area contributed by atoms with Gasteiger partial charge in [0.2, 0.25) is 0 Å². The van der Waals surface area contributed by atoms with Crippen molar-refractivity contribution in [3.05, 3.63) is 58.1 Å². The third kappa shape index (κ3) is 4.49. The van der Waals surface area contributed by atoms with Crippen LogP contribution in [0.2, 0.25) is 5.02 Å². The third-order valence-corrected chi connectivity index (χ3v) is 4.01. The second kappa shape index (κ2) is 7.84. The first kappa shape index (κ1) is 17.8. The highest BCUT2D eigenvalue weighted by Crippen LogP contribution is 2.25. The topological polar surface area (TPSA) is 67.4 Å². The van der Waals surface area contributed by atoms with Gasteiger partial charge in [-0.2, -0.15) is 0 Å². The number of carbonyl (C=O) groups is 2. The van der Waals surface area contributed by atoms with Gasteiger partial charge in [0.15, 0.2) is 6.61 Å². The molecule has 0 bridgehead atoms. The molecular formula is C18H19ClN2O3. The number of carbonyl (C=O) groups excluding carboxylic acids is 2. The molecule has 0 aliphatic carbocycles. The predicted molar refractivity (Wildman–Crippen MR) is 94.9 cm³/mol. The van der Waals surface area contributed by atoms with Gasteiger partial charge in [-0.3, -0.25) is 9.59 Å². The van der Waals surface area contributed by atoms with E-state index in [1.807, 2.05) is 13.8 Å². The SMILES string of the molecule is CNC(=O)c1cccc(NC(=O)COc2cc(C)c(Cl)c(C)c2)c1. The number of hydrogen-bond donors (Lipinski definition) is 2. The highest BCUT2D eigenvalue weighted by atomic mass is 35.5. The third-order valence-electron chi connectivity index (χ3n) is 3.42. The predicted octanol–water partition coefficient (Wildman–Crippen LogP) is 3.33. The Morgan fingerprint density at radius 3 is 2.42 bits per heavy atom. The fraction of sp³-hybridized carbons (Fsp3) is 0.222. The average Bonchev–Trinajstić information content (AvgIpc) is 2.57. The molecule has 126 valence electrons. The summed E-state index contributed by atoms with van der Waals surface area (Å²) in [6.45, 7) is 3.63. The van der Waals surface area contributed by atoms with Crippen LogP contribution in [0.15, 0.2) is 36.4 Å². The highest BCUT2D eigenvalue weighted by Gasteiger charge is 2.09. The van der Waals surface area contributed by atoms with Crippen molar-refractivity contribution in [3.8, 4) is 5.75 Å². The highest BCUT2D eigenvalue weighted by molar-refractivity contribution is 6.32. The number of halogens is 1. The van der Waals surface area contributed by atoms with Gasteiger partial charge in [-0.25, -0.2) is 0 Å². The zero-order chi connectivity index (χ0) is 17.7. The molecule has 0 heterocycles. The fourth-order valence-electron chi connectivity index (χ4n) is 2.22. The van der Waals surface area contributed by atoms with Crippen LogP contribution >= 0.6 is 11.6 Å². The molecule has 2 rings (SSSR count). The monoisotopic (exact) mass is 346 g/mol. The number of rotatable bonds is 5. The number of anilines is 1. The molecule has 0 radical (unpaired) electrons. The van der Waals surface area contributed by atoms with E-state index in [0.717, 1.165) is 11.1 Å². The first-order chi connectivity index (χ1) is 11.4. The molecule has 2 N–H and O–H groups in total. The van der Waals surface area contributed by atoms with Crippen molar-refractivity contribution in [3.63, 3.8) is 0 Å². The van der Waals surface area contributed by atoms with Crippen molar-refractivity contribution in [2.75, 3.05) is 19.0 Å². The maximum Gasteiger partial charge on any atom is 0.262 e. The minimum Gasteiger partial charge on any atom is -0.484 e. The minimum absolute atomic E-state index is 0.134. The van der Waals surface area contributed by atoms with Crippen molar-refractivity contribution < 1.29 is 14.3 Å². The van der Waals surface area contributed by atoms with E-state index in [1.165, 1.54) is 0 Å². The number of aryl methyl sites for hydroxylation is 2. The van der Waals surface area contributed by atoms with Crippen LogP contribution in [0.3, 0.4) is 0 Å².